The first-order valence-electron chi connectivity index (χ1n) is 3.72. The van der Waals surface area contributed by atoms with Crippen LogP contribution in [0, 0.1) is 0 Å². The lowest BCUT2D eigenvalue weighted by atomic mass is 9.97. The van der Waals surface area contributed by atoms with Crippen molar-refractivity contribution in [3.05, 3.63) is 0 Å². The van der Waals surface area contributed by atoms with E-state index in [1.54, 1.807) is 0 Å². The van der Waals surface area contributed by atoms with Crippen molar-refractivity contribution in [2.24, 2.45) is 11.5 Å². The summed E-state index contributed by atoms with van der Waals surface area (Å²) in [5.74, 6) is 0. The molecule has 0 unspecified atom stereocenters. The molecule has 1 rings (SSSR count). The van der Waals surface area contributed by atoms with Crippen molar-refractivity contribution < 1.29 is 4.79 Å². The smallest absolute Gasteiger partial charge is 0.204 e. The van der Waals surface area contributed by atoms with Crippen LogP contribution in [0.5, 0.6) is 0 Å². The first-order valence-corrected chi connectivity index (χ1v) is 3.72. The van der Waals surface area contributed by atoms with E-state index in [0.717, 1.165) is 0 Å². The van der Waals surface area contributed by atoms with Crippen LogP contribution in [0.2, 0.25) is 0 Å². The minimum Gasteiger partial charge on any atom is -0.372 e. The van der Waals surface area contributed by atoms with Crippen molar-refractivity contribution in [1.82, 2.24) is 0 Å². The molecule has 0 aromatic rings. The average molecular weight is 144 g/mol. The summed E-state index contributed by atoms with van der Waals surface area (Å²) in [4.78, 5) is 8.58. The summed E-state index contributed by atoms with van der Waals surface area (Å²) in [6.07, 6.45) is 6.91. The van der Waals surface area contributed by atoms with Gasteiger partial charge in [-0.15, -0.1) is 0 Å². The van der Waals surface area contributed by atoms with Gasteiger partial charge in [0.2, 0.25) is 6.41 Å². The van der Waals surface area contributed by atoms with Crippen molar-refractivity contribution >= 4 is 6.41 Å². The van der Waals surface area contributed by atoms with Crippen molar-refractivity contribution in [3.63, 3.8) is 0 Å². The number of carbonyl (C=O) groups is 1. The van der Waals surface area contributed by atoms with Crippen molar-refractivity contribution in [3.8, 4) is 0 Å². The quantitative estimate of drug-likeness (QED) is 0.482. The molecule has 60 valence electrons. The standard InChI is InChI=1S/C6H13N.CH3NO/c7-6-4-2-1-3-5-6;2-1-3/h6H,1-5,7H2;1H,(H2,2,3). The normalized spacial score (nSPS) is 18.9. The summed E-state index contributed by atoms with van der Waals surface area (Å²) in [6, 6.07) is 0.536. The molecule has 0 spiro atoms. The maximum absolute atomic E-state index is 8.58. The fraction of sp³-hybridized carbons (Fsp3) is 0.857. The molecular formula is C7H16N2O. The Morgan fingerprint density at radius 2 is 1.60 bits per heavy atom. The van der Waals surface area contributed by atoms with E-state index in [-0.39, 0.29) is 6.41 Å². The lowest BCUT2D eigenvalue weighted by Gasteiger charge is -2.15. The van der Waals surface area contributed by atoms with Crippen LogP contribution in [-0.4, -0.2) is 12.5 Å². The summed E-state index contributed by atoms with van der Waals surface area (Å²) in [7, 11) is 0. The zero-order valence-corrected chi connectivity index (χ0v) is 6.25. The van der Waals surface area contributed by atoms with Gasteiger partial charge in [-0.2, -0.15) is 0 Å². The van der Waals surface area contributed by atoms with E-state index >= 15 is 0 Å². The molecule has 1 saturated carbocycles. The molecule has 1 fully saturated rings. The van der Waals surface area contributed by atoms with Gasteiger partial charge < -0.3 is 11.5 Å². The molecule has 0 radical (unpaired) electrons. The fourth-order valence-electron chi connectivity index (χ4n) is 1.13. The van der Waals surface area contributed by atoms with Gasteiger partial charge in [-0.25, -0.2) is 0 Å². The molecule has 0 aromatic heterocycles. The molecule has 0 atom stereocenters. The number of hydrogen-bond acceptors (Lipinski definition) is 2. The third-order valence-electron chi connectivity index (χ3n) is 1.65. The van der Waals surface area contributed by atoms with Crippen molar-refractivity contribution in [1.29, 1.82) is 0 Å². The van der Waals surface area contributed by atoms with E-state index in [1.807, 2.05) is 0 Å². The monoisotopic (exact) mass is 144 g/mol. The summed E-state index contributed by atoms with van der Waals surface area (Å²) in [5.41, 5.74) is 9.80. The number of nitrogens with two attached hydrogens (primary N) is 2. The minimum atomic E-state index is 0.250. The highest BCUT2D eigenvalue weighted by atomic mass is 16.1. The van der Waals surface area contributed by atoms with Crippen LogP contribution in [0.1, 0.15) is 32.1 Å². The van der Waals surface area contributed by atoms with Gasteiger partial charge in [-0.3, -0.25) is 4.79 Å². The van der Waals surface area contributed by atoms with Crippen LogP contribution in [0.4, 0.5) is 0 Å². The lowest BCUT2D eigenvalue weighted by Crippen LogP contribution is -2.22. The molecular weight excluding hydrogens is 128 g/mol. The van der Waals surface area contributed by atoms with E-state index in [9.17, 15) is 0 Å². The summed E-state index contributed by atoms with van der Waals surface area (Å²) in [6.45, 7) is 0. The Morgan fingerprint density at radius 3 is 1.80 bits per heavy atom. The first-order chi connectivity index (χ1) is 4.81. The molecule has 0 saturated heterocycles. The van der Waals surface area contributed by atoms with Crippen molar-refractivity contribution in [2.75, 3.05) is 0 Å². The Kier molecular flexibility index (Phi) is 6.18. The Labute approximate surface area is 61.8 Å². The minimum absolute atomic E-state index is 0.250. The van der Waals surface area contributed by atoms with Gasteiger partial charge in [0, 0.05) is 6.04 Å². The second-order valence-electron chi connectivity index (χ2n) is 2.53. The molecule has 1 amide bonds. The van der Waals surface area contributed by atoms with E-state index in [4.69, 9.17) is 10.5 Å². The maximum atomic E-state index is 8.58. The van der Waals surface area contributed by atoms with E-state index in [0.29, 0.717) is 6.04 Å². The highest BCUT2D eigenvalue weighted by molar-refractivity contribution is 5.42. The first kappa shape index (κ1) is 9.43. The third kappa shape index (κ3) is 5.56. The highest BCUT2D eigenvalue weighted by Gasteiger charge is 2.06. The second kappa shape index (κ2) is 6.55. The Morgan fingerprint density at radius 1 is 1.20 bits per heavy atom. The number of carbonyl (C=O) groups excluding carboxylic acids is 1. The van der Waals surface area contributed by atoms with Gasteiger partial charge >= 0.3 is 0 Å². The molecule has 10 heavy (non-hydrogen) atoms. The van der Waals surface area contributed by atoms with Crippen LogP contribution in [0.25, 0.3) is 0 Å². The molecule has 0 heterocycles. The molecule has 0 bridgehead atoms. The maximum Gasteiger partial charge on any atom is 0.204 e. The number of amides is 1. The van der Waals surface area contributed by atoms with Crippen LogP contribution in [-0.2, 0) is 4.79 Å². The number of hydrogen-bond donors (Lipinski definition) is 2. The summed E-state index contributed by atoms with van der Waals surface area (Å²) >= 11 is 0. The van der Waals surface area contributed by atoms with E-state index < -0.39 is 0 Å². The van der Waals surface area contributed by atoms with Gasteiger partial charge in [0.15, 0.2) is 0 Å². The van der Waals surface area contributed by atoms with Crippen molar-refractivity contribution in [2.45, 2.75) is 38.1 Å². The fourth-order valence-corrected chi connectivity index (χ4v) is 1.13. The topological polar surface area (TPSA) is 69.1 Å². The molecule has 0 aromatic carbocycles. The van der Waals surface area contributed by atoms with Gasteiger partial charge in [0.05, 0.1) is 0 Å². The largest absolute Gasteiger partial charge is 0.372 e. The van der Waals surface area contributed by atoms with Gasteiger partial charge in [0.1, 0.15) is 0 Å². The predicted octanol–water partition coefficient (Wildman–Crippen LogP) is 0.379. The molecule has 3 heteroatoms. The van der Waals surface area contributed by atoms with Crippen LogP contribution < -0.4 is 11.5 Å². The van der Waals surface area contributed by atoms with Crippen LogP contribution >= 0.6 is 0 Å². The van der Waals surface area contributed by atoms with E-state index in [1.165, 1.54) is 32.1 Å². The lowest BCUT2D eigenvalue weighted by molar-refractivity contribution is -0.106. The third-order valence-corrected chi connectivity index (χ3v) is 1.65. The molecule has 4 N–H and O–H groups in total. The van der Waals surface area contributed by atoms with Gasteiger partial charge in [-0.05, 0) is 12.8 Å². The molecule has 1 aliphatic carbocycles. The summed E-state index contributed by atoms with van der Waals surface area (Å²) in [5, 5.41) is 0. The Balaban J connectivity index is 0.000000236. The Hall–Kier alpha value is -0.570. The van der Waals surface area contributed by atoms with Crippen LogP contribution in [0.15, 0.2) is 0 Å². The predicted molar refractivity (Wildman–Crippen MR) is 41.3 cm³/mol. The SMILES string of the molecule is NC1CCCCC1.NC=O. The highest BCUT2D eigenvalue weighted by Crippen LogP contribution is 2.14. The van der Waals surface area contributed by atoms with Gasteiger partial charge in [0.25, 0.3) is 0 Å². The Bertz CT molecular complexity index is 79.7. The number of rotatable bonds is 0. The second-order valence-corrected chi connectivity index (χ2v) is 2.53. The van der Waals surface area contributed by atoms with E-state index in [2.05, 4.69) is 5.73 Å². The molecule has 3 nitrogen and oxygen atoms in total. The molecule has 1 aliphatic rings. The summed E-state index contributed by atoms with van der Waals surface area (Å²) < 4.78 is 0. The average Bonchev–Trinajstić information content (AvgIpc) is 1.91. The molecule has 0 aliphatic heterocycles. The zero-order valence-electron chi connectivity index (χ0n) is 6.25. The zero-order chi connectivity index (χ0) is 7.82. The van der Waals surface area contributed by atoms with Gasteiger partial charge in [-0.1, -0.05) is 19.3 Å². The number of primary amides is 1. The van der Waals surface area contributed by atoms with Crippen LogP contribution in [0.3, 0.4) is 0 Å².